The number of aromatic nitrogens is 1. The van der Waals surface area contributed by atoms with Gasteiger partial charge in [0.25, 0.3) is 0 Å². The first kappa shape index (κ1) is 15.8. The van der Waals surface area contributed by atoms with Crippen molar-refractivity contribution in [3.05, 3.63) is 69.8 Å². The normalized spacial score (nSPS) is 10.9. The van der Waals surface area contributed by atoms with E-state index in [0.717, 1.165) is 32.2 Å². The second kappa shape index (κ2) is 6.98. The summed E-state index contributed by atoms with van der Waals surface area (Å²) in [6.07, 6.45) is 0.275. The zero-order valence-corrected chi connectivity index (χ0v) is 14.3. The molecule has 0 saturated heterocycles. The Kier molecular flexibility index (Phi) is 4.79. The maximum atomic E-state index is 12.1. The van der Waals surface area contributed by atoms with Gasteiger partial charge < -0.3 is 4.98 Å². The highest BCUT2D eigenvalue weighted by atomic mass is 79.9. The molecule has 0 fully saturated rings. The fraction of sp³-hybridized carbons (Fsp3) is 0.167. The van der Waals surface area contributed by atoms with E-state index < -0.39 is 0 Å². The van der Waals surface area contributed by atoms with Gasteiger partial charge in [-0.3, -0.25) is 9.63 Å². The Balaban J connectivity index is 1.64. The largest absolute Gasteiger partial charge is 0.358 e. The molecule has 2 N–H and O–H groups in total. The number of fused-ring (bicyclic) bond motifs is 1. The van der Waals surface area contributed by atoms with Gasteiger partial charge in [0.1, 0.15) is 0 Å². The maximum absolute atomic E-state index is 12.1. The van der Waals surface area contributed by atoms with Crippen molar-refractivity contribution >= 4 is 32.7 Å². The third-order valence-electron chi connectivity index (χ3n) is 3.69. The molecule has 0 aliphatic heterocycles. The molecular formula is C18H17BrN2O2. The molecule has 0 spiro atoms. The minimum atomic E-state index is -0.162. The lowest BCUT2D eigenvalue weighted by Gasteiger charge is -2.06. The van der Waals surface area contributed by atoms with E-state index in [-0.39, 0.29) is 12.3 Å². The standard InChI is InChI=1S/C18H17BrN2O2/c1-12-15(16-9-14(19)7-8-17(16)20-12)10-18(22)21-23-11-13-5-3-2-4-6-13/h2-9,20H,10-11H2,1H3,(H,21,22). The molecule has 23 heavy (non-hydrogen) atoms. The number of carbonyl (C=O) groups is 1. The summed E-state index contributed by atoms with van der Waals surface area (Å²) in [4.78, 5) is 20.7. The van der Waals surface area contributed by atoms with Gasteiger partial charge in [-0.1, -0.05) is 46.3 Å². The van der Waals surface area contributed by atoms with E-state index in [4.69, 9.17) is 4.84 Å². The van der Waals surface area contributed by atoms with Gasteiger partial charge in [0.15, 0.2) is 0 Å². The summed E-state index contributed by atoms with van der Waals surface area (Å²) in [5.41, 5.74) is 6.54. The number of aryl methyl sites for hydroxylation is 1. The van der Waals surface area contributed by atoms with Crippen LogP contribution in [0.25, 0.3) is 10.9 Å². The molecule has 1 heterocycles. The van der Waals surface area contributed by atoms with Gasteiger partial charge in [-0.2, -0.15) is 0 Å². The average molecular weight is 373 g/mol. The SMILES string of the molecule is Cc1[nH]c2ccc(Br)cc2c1CC(=O)NOCc1ccccc1. The van der Waals surface area contributed by atoms with Crippen molar-refractivity contribution in [1.82, 2.24) is 10.5 Å². The summed E-state index contributed by atoms with van der Waals surface area (Å²) in [7, 11) is 0. The number of hydroxylamine groups is 1. The van der Waals surface area contributed by atoms with Gasteiger partial charge >= 0.3 is 0 Å². The van der Waals surface area contributed by atoms with Crippen LogP contribution in [0.15, 0.2) is 53.0 Å². The van der Waals surface area contributed by atoms with Gasteiger partial charge in [0, 0.05) is 21.1 Å². The predicted octanol–water partition coefficient (Wildman–Crippen LogP) is 4.03. The first-order valence-electron chi connectivity index (χ1n) is 7.35. The maximum Gasteiger partial charge on any atom is 0.248 e. The van der Waals surface area contributed by atoms with E-state index in [9.17, 15) is 4.79 Å². The van der Waals surface area contributed by atoms with E-state index in [1.807, 2.05) is 55.5 Å². The number of hydrogen-bond donors (Lipinski definition) is 2. The molecule has 5 heteroatoms. The van der Waals surface area contributed by atoms with Crippen molar-refractivity contribution in [2.75, 3.05) is 0 Å². The Morgan fingerprint density at radius 1 is 1.22 bits per heavy atom. The van der Waals surface area contributed by atoms with E-state index in [1.54, 1.807) is 0 Å². The topological polar surface area (TPSA) is 54.1 Å². The molecular weight excluding hydrogens is 356 g/mol. The second-order valence-corrected chi connectivity index (χ2v) is 6.31. The third-order valence-corrected chi connectivity index (χ3v) is 4.18. The molecule has 2 aromatic carbocycles. The van der Waals surface area contributed by atoms with Crippen molar-refractivity contribution in [1.29, 1.82) is 0 Å². The lowest BCUT2D eigenvalue weighted by atomic mass is 10.1. The molecule has 4 nitrogen and oxygen atoms in total. The minimum absolute atomic E-state index is 0.162. The number of benzene rings is 2. The van der Waals surface area contributed by atoms with Gasteiger partial charge in [0.05, 0.1) is 13.0 Å². The van der Waals surface area contributed by atoms with Crippen LogP contribution in [0.5, 0.6) is 0 Å². The first-order valence-corrected chi connectivity index (χ1v) is 8.14. The number of carbonyl (C=O) groups excluding carboxylic acids is 1. The minimum Gasteiger partial charge on any atom is -0.358 e. The van der Waals surface area contributed by atoms with Crippen LogP contribution in [0.4, 0.5) is 0 Å². The summed E-state index contributed by atoms with van der Waals surface area (Å²) in [6.45, 7) is 2.33. The number of hydrogen-bond acceptors (Lipinski definition) is 2. The summed E-state index contributed by atoms with van der Waals surface area (Å²) in [6, 6.07) is 15.7. The highest BCUT2D eigenvalue weighted by molar-refractivity contribution is 9.10. The summed E-state index contributed by atoms with van der Waals surface area (Å²) >= 11 is 3.47. The van der Waals surface area contributed by atoms with Crippen LogP contribution in [-0.2, 0) is 22.7 Å². The first-order chi connectivity index (χ1) is 11.1. The van der Waals surface area contributed by atoms with Gasteiger partial charge in [-0.15, -0.1) is 0 Å². The highest BCUT2D eigenvalue weighted by Crippen LogP contribution is 2.25. The molecule has 0 saturated carbocycles. The monoisotopic (exact) mass is 372 g/mol. The zero-order valence-electron chi connectivity index (χ0n) is 12.7. The molecule has 1 aromatic heterocycles. The molecule has 0 aliphatic rings. The van der Waals surface area contributed by atoms with Gasteiger partial charge in [-0.25, -0.2) is 5.48 Å². The summed E-state index contributed by atoms with van der Waals surface area (Å²) in [5, 5.41) is 1.05. The van der Waals surface area contributed by atoms with Crippen LogP contribution in [0, 0.1) is 6.92 Å². The van der Waals surface area contributed by atoms with E-state index in [2.05, 4.69) is 26.4 Å². The van der Waals surface area contributed by atoms with Crippen LogP contribution in [0.2, 0.25) is 0 Å². The van der Waals surface area contributed by atoms with E-state index >= 15 is 0 Å². The molecule has 0 radical (unpaired) electrons. The quantitative estimate of drug-likeness (QED) is 0.664. The molecule has 118 valence electrons. The van der Waals surface area contributed by atoms with Crippen molar-refractivity contribution in [2.24, 2.45) is 0 Å². The molecule has 0 atom stereocenters. The lowest BCUT2D eigenvalue weighted by molar-refractivity contribution is -0.133. The summed E-state index contributed by atoms with van der Waals surface area (Å²) in [5.74, 6) is -0.162. The van der Waals surface area contributed by atoms with E-state index in [1.165, 1.54) is 0 Å². The van der Waals surface area contributed by atoms with Crippen molar-refractivity contribution in [3.63, 3.8) is 0 Å². The Bertz CT molecular complexity index is 828. The predicted molar refractivity (Wildman–Crippen MR) is 93.8 cm³/mol. The molecule has 0 unspecified atom stereocenters. The third kappa shape index (κ3) is 3.81. The average Bonchev–Trinajstić information content (AvgIpc) is 2.84. The number of H-pyrrole nitrogens is 1. The second-order valence-electron chi connectivity index (χ2n) is 5.39. The van der Waals surface area contributed by atoms with Crippen LogP contribution in [0.1, 0.15) is 16.8 Å². The number of halogens is 1. The van der Waals surface area contributed by atoms with Crippen molar-refractivity contribution in [3.8, 4) is 0 Å². The highest BCUT2D eigenvalue weighted by Gasteiger charge is 2.13. The van der Waals surface area contributed by atoms with Crippen molar-refractivity contribution in [2.45, 2.75) is 20.0 Å². The number of rotatable bonds is 5. The van der Waals surface area contributed by atoms with Gasteiger partial charge in [0.2, 0.25) is 5.91 Å². The van der Waals surface area contributed by atoms with Crippen LogP contribution in [-0.4, -0.2) is 10.9 Å². The number of aromatic amines is 1. The Hall–Kier alpha value is -2.11. The fourth-order valence-electron chi connectivity index (χ4n) is 2.55. The van der Waals surface area contributed by atoms with Crippen molar-refractivity contribution < 1.29 is 9.63 Å². The van der Waals surface area contributed by atoms with E-state index in [0.29, 0.717) is 6.61 Å². The van der Waals surface area contributed by atoms with Crippen LogP contribution >= 0.6 is 15.9 Å². The molecule has 3 rings (SSSR count). The smallest absolute Gasteiger partial charge is 0.248 e. The zero-order chi connectivity index (χ0) is 16.2. The fourth-order valence-corrected chi connectivity index (χ4v) is 2.91. The molecule has 1 amide bonds. The van der Waals surface area contributed by atoms with Gasteiger partial charge in [-0.05, 0) is 36.2 Å². The Morgan fingerprint density at radius 2 is 2.00 bits per heavy atom. The molecule has 0 aliphatic carbocycles. The molecule has 0 bridgehead atoms. The van der Waals surface area contributed by atoms with Crippen LogP contribution < -0.4 is 5.48 Å². The number of amides is 1. The molecule has 3 aromatic rings. The summed E-state index contributed by atoms with van der Waals surface area (Å²) < 4.78 is 0.992. The Morgan fingerprint density at radius 3 is 2.78 bits per heavy atom. The van der Waals surface area contributed by atoms with Crippen LogP contribution in [0.3, 0.4) is 0 Å². The Labute approximate surface area is 142 Å². The number of nitrogens with one attached hydrogen (secondary N) is 2. The lowest BCUT2D eigenvalue weighted by Crippen LogP contribution is -2.25.